The molecule has 40 heavy (non-hydrogen) atoms. The molecular weight excluding hydrogens is 601 g/mol. The van der Waals surface area contributed by atoms with Crippen LogP contribution in [0.4, 0.5) is 10.1 Å². The third-order valence-corrected chi connectivity index (χ3v) is 8.30. The van der Waals surface area contributed by atoms with E-state index in [0.29, 0.717) is 12.4 Å². The molecule has 1 unspecified atom stereocenters. The van der Waals surface area contributed by atoms with Crippen molar-refractivity contribution in [3.05, 3.63) is 88.6 Å². The van der Waals surface area contributed by atoms with Gasteiger partial charge in [-0.15, -0.1) is 0 Å². The SMILES string of the molecule is CCOc1ccc(N(CC(=O)N(Cc2ccc(Br)cc2)C(C)C(=O)NC(C)C)S(=O)(=O)c2ccc(F)cc2)cc1. The molecule has 1 N–H and O–H groups in total. The minimum atomic E-state index is -4.30. The normalized spacial score (nSPS) is 12.1. The Kier molecular flexibility index (Phi) is 10.7. The highest BCUT2D eigenvalue weighted by atomic mass is 79.9. The Bertz CT molecular complexity index is 1400. The summed E-state index contributed by atoms with van der Waals surface area (Å²) in [4.78, 5) is 28.0. The zero-order valence-corrected chi connectivity index (χ0v) is 25.2. The summed E-state index contributed by atoms with van der Waals surface area (Å²) in [5.41, 5.74) is 0.971. The van der Waals surface area contributed by atoms with Crippen LogP contribution in [0.3, 0.4) is 0 Å². The van der Waals surface area contributed by atoms with Gasteiger partial charge in [-0.3, -0.25) is 13.9 Å². The minimum Gasteiger partial charge on any atom is -0.494 e. The fourth-order valence-electron chi connectivity index (χ4n) is 3.91. The average molecular weight is 635 g/mol. The first-order chi connectivity index (χ1) is 18.9. The van der Waals surface area contributed by atoms with Crippen molar-refractivity contribution in [2.75, 3.05) is 17.5 Å². The smallest absolute Gasteiger partial charge is 0.264 e. The van der Waals surface area contributed by atoms with Crippen molar-refractivity contribution >= 4 is 43.5 Å². The number of rotatable bonds is 12. The fourth-order valence-corrected chi connectivity index (χ4v) is 5.59. The molecule has 8 nitrogen and oxygen atoms in total. The highest BCUT2D eigenvalue weighted by molar-refractivity contribution is 9.10. The van der Waals surface area contributed by atoms with Crippen molar-refractivity contribution in [2.45, 2.75) is 51.2 Å². The van der Waals surface area contributed by atoms with Crippen LogP contribution in [0.1, 0.15) is 33.3 Å². The largest absolute Gasteiger partial charge is 0.494 e. The highest BCUT2D eigenvalue weighted by Crippen LogP contribution is 2.27. The van der Waals surface area contributed by atoms with E-state index in [1.54, 1.807) is 19.1 Å². The van der Waals surface area contributed by atoms with E-state index in [-0.39, 0.29) is 29.1 Å². The van der Waals surface area contributed by atoms with Crippen molar-refractivity contribution < 1.29 is 27.1 Å². The summed E-state index contributed by atoms with van der Waals surface area (Å²) in [7, 11) is -4.30. The van der Waals surface area contributed by atoms with E-state index in [1.165, 1.54) is 17.0 Å². The summed E-state index contributed by atoms with van der Waals surface area (Å²) in [5.74, 6) is -1.01. The third-order valence-electron chi connectivity index (χ3n) is 5.98. The van der Waals surface area contributed by atoms with Crippen LogP contribution in [0, 0.1) is 5.82 Å². The number of carbonyl (C=O) groups excluding carboxylic acids is 2. The number of sulfonamides is 1. The number of nitrogens with one attached hydrogen (secondary N) is 1. The number of nitrogens with zero attached hydrogens (tertiary/aromatic N) is 2. The van der Waals surface area contributed by atoms with Crippen molar-refractivity contribution in [3.63, 3.8) is 0 Å². The summed E-state index contributed by atoms with van der Waals surface area (Å²) >= 11 is 3.39. The molecule has 0 bridgehead atoms. The molecule has 3 rings (SSSR count). The maximum Gasteiger partial charge on any atom is 0.264 e. The average Bonchev–Trinajstić information content (AvgIpc) is 2.91. The van der Waals surface area contributed by atoms with E-state index >= 15 is 0 Å². The molecule has 0 saturated carbocycles. The predicted octanol–water partition coefficient (Wildman–Crippen LogP) is 5.12. The fraction of sp³-hybridized carbons (Fsp3) is 0.310. The van der Waals surface area contributed by atoms with Crippen LogP contribution in [-0.4, -0.2) is 50.4 Å². The number of carbonyl (C=O) groups is 2. The quantitative estimate of drug-likeness (QED) is 0.299. The Labute approximate surface area is 243 Å². The van der Waals surface area contributed by atoms with Crippen LogP contribution in [-0.2, 0) is 26.2 Å². The standard InChI is InChI=1S/C29H33BrFN3O5S/c1-5-39-26-14-12-25(13-15-26)34(40(37,38)27-16-10-24(31)11-17-27)19-28(35)33(21(4)29(36)32-20(2)3)18-22-6-8-23(30)9-7-22/h6-17,20-21H,5,18-19H2,1-4H3,(H,32,36). The van der Waals surface area contributed by atoms with E-state index in [0.717, 1.165) is 38.6 Å². The second-order valence-electron chi connectivity index (χ2n) is 9.38. The summed E-state index contributed by atoms with van der Waals surface area (Å²) in [6.45, 7) is 6.97. The van der Waals surface area contributed by atoms with E-state index in [1.807, 2.05) is 45.0 Å². The topological polar surface area (TPSA) is 96.0 Å². The van der Waals surface area contributed by atoms with Crippen molar-refractivity contribution in [1.29, 1.82) is 0 Å². The number of amides is 2. The third kappa shape index (κ3) is 8.04. The van der Waals surface area contributed by atoms with Crippen molar-refractivity contribution in [1.82, 2.24) is 10.2 Å². The van der Waals surface area contributed by atoms with Crippen LogP contribution in [0.2, 0.25) is 0 Å². The number of halogens is 2. The molecule has 0 heterocycles. The lowest BCUT2D eigenvalue weighted by Gasteiger charge is -2.32. The Morgan fingerprint density at radius 3 is 2.10 bits per heavy atom. The lowest BCUT2D eigenvalue weighted by atomic mass is 10.1. The van der Waals surface area contributed by atoms with Gasteiger partial charge in [0.25, 0.3) is 10.0 Å². The summed E-state index contributed by atoms with van der Waals surface area (Å²) in [6, 6.07) is 16.9. The molecular formula is C29H33BrFN3O5S. The predicted molar refractivity (Wildman–Crippen MR) is 156 cm³/mol. The van der Waals surface area contributed by atoms with E-state index < -0.39 is 34.3 Å². The zero-order chi connectivity index (χ0) is 29.4. The van der Waals surface area contributed by atoms with Gasteiger partial charge >= 0.3 is 0 Å². The number of hydrogen-bond donors (Lipinski definition) is 1. The van der Waals surface area contributed by atoms with Crippen molar-refractivity contribution in [2.24, 2.45) is 0 Å². The van der Waals surface area contributed by atoms with Gasteiger partial charge in [0.15, 0.2) is 0 Å². The first kappa shape index (κ1) is 31.1. The number of anilines is 1. The number of hydrogen-bond acceptors (Lipinski definition) is 5. The molecule has 11 heteroatoms. The van der Waals surface area contributed by atoms with E-state index in [9.17, 15) is 22.4 Å². The lowest BCUT2D eigenvalue weighted by molar-refractivity contribution is -0.139. The van der Waals surface area contributed by atoms with Crippen LogP contribution < -0.4 is 14.4 Å². The van der Waals surface area contributed by atoms with Gasteiger partial charge in [-0.05, 0) is 93.9 Å². The van der Waals surface area contributed by atoms with Gasteiger partial charge in [0.1, 0.15) is 24.2 Å². The Morgan fingerprint density at radius 1 is 0.950 bits per heavy atom. The van der Waals surface area contributed by atoms with Crippen LogP contribution in [0.5, 0.6) is 5.75 Å². The van der Waals surface area contributed by atoms with Gasteiger partial charge in [-0.2, -0.15) is 0 Å². The maximum absolute atomic E-state index is 13.9. The molecule has 0 saturated heterocycles. The molecule has 0 aliphatic rings. The van der Waals surface area contributed by atoms with E-state index in [4.69, 9.17) is 4.74 Å². The first-order valence-corrected chi connectivity index (χ1v) is 15.0. The molecule has 0 fully saturated rings. The maximum atomic E-state index is 13.9. The van der Waals surface area contributed by atoms with Crippen LogP contribution in [0.15, 0.2) is 82.2 Å². The molecule has 214 valence electrons. The molecule has 2 amide bonds. The number of ether oxygens (including phenoxy) is 1. The molecule has 1 atom stereocenters. The van der Waals surface area contributed by atoms with Crippen LogP contribution >= 0.6 is 15.9 Å². The molecule has 3 aromatic rings. The van der Waals surface area contributed by atoms with E-state index in [2.05, 4.69) is 21.2 Å². The summed E-state index contributed by atoms with van der Waals surface area (Å²) < 4.78 is 48.4. The second-order valence-corrected chi connectivity index (χ2v) is 12.2. The summed E-state index contributed by atoms with van der Waals surface area (Å²) in [6.07, 6.45) is 0. The van der Waals surface area contributed by atoms with Gasteiger partial charge in [0.05, 0.1) is 17.2 Å². The van der Waals surface area contributed by atoms with Gasteiger partial charge in [-0.25, -0.2) is 12.8 Å². The van der Waals surface area contributed by atoms with Gasteiger partial charge in [-0.1, -0.05) is 28.1 Å². The molecule has 0 radical (unpaired) electrons. The first-order valence-electron chi connectivity index (χ1n) is 12.8. The van der Waals surface area contributed by atoms with Crippen LogP contribution in [0.25, 0.3) is 0 Å². The second kappa shape index (κ2) is 13.8. The Balaban J connectivity index is 2.02. The highest BCUT2D eigenvalue weighted by Gasteiger charge is 2.32. The Hall–Kier alpha value is -3.44. The van der Waals surface area contributed by atoms with Gasteiger partial charge in [0.2, 0.25) is 11.8 Å². The molecule has 0 aliphatic heterocycles. The summed E-state index contributed by atoms with van der Waals surface area (Å²) in [5, 5.41) is 2.82. The molecule has 3 aromatic carbocycles. The van der Waals surface area contributed by atoms with Crippen molar-refractivity contribution in [3.8, 4) is 5.75 Å². The monoisotopic (exact) mass is 633 g/mol. The van der Waals surface area contributed by atoms with Gasteiger partial charge in [0, 0.05) is 17.1 Å². The van der Waals surface area contributed by atoms with Gasteiger partial charge < -0.3 is 15.0 Å². The zero-order valence-electron chi connectivity index (χ0n) is 22.8. The number of benzene rings is 3. The molecule has 0 aliphatic carbocycles. The molecule has 0 aromatic heterocycles. The Morgan fingerprint density at radius 2 is 1.55 bits per heavy atom. The molecule has 0 spiro atoms. The lowest BCUT2D eigenvalue weighted by Crippen LogP contribution is -2.52. The minimum absolute atomic E-state index is 0.0759.